The van der Waals surface area contributed by atoms with Gasteiger partial charge in [-0.25, -0.2) is 0 Å². The number of benzene rings is 2. The minimum Gasteiger partial charge on any atom is -0.507 e. The van der Waals surface area contributed by atoms with Gasteiger partial charge in [0.1, 0.15) is 5.76 Å². The molecule has 0 spiro atoms. The largest absolute Gasteiger partial charge is 0.507 e. The van der Waals surface area contributed by atoms with Gasteiger partial charge in [-0.1, -0.05) is 42.3 Å². The maximum Gasteiger partial charge on any atom is 0.127 e. The summed E-state index contributed by atoms with van der Waals surface area (Å²) in [6.07, 6.45) is 0.809. The van der Waals surface area contributed by atoms with Crippen molar-refractivity contribution in [2.45, 2.75) is 54.9 Å². The molecule has 0 radical (unpaired) electrons. The molecule has 0 aliphatic rings. The summed E-state index contributed by atoms with van der Waals surface area (Å²) in [7, 11) is 0. The standard InChI is InChI=1S/C22H28O/c1-8-19(20-15(4)9-13(2)10-16(20)5)22(23)21-17(6)11-14(3)12-18(21)7/h9-12,23H,8H2,1-7H3/b22-19-. The van der Waals surface area contributed by atoms with Crippen molar-refractivity contribution < 1.29 is 5.11 Å². The number of aryl methyl sites for hydroxylation is 6. The predicted octanol–water partition coefficient (Wildman–Crippen LogP) is 6.37. The fourth-order valence-electron chi connectivity index (χ4n) is 3.82. The molecule has 0 bridgehead atoms. The van der Waals surface area contributed by atoms with Gasteiger partial charge in [0.25, 0.3) is 0 Å². The minimum absolute atomic E-state index is 0.428. The second-order valence-corrected chi connectivity index (χ2v) is 6.73. The van der Waals surface area contributed by atoms with Crippen molar-refractivity contribution >= 4 is 11.3 Å². The first kappa shape index (κ1) is 17.3. The van der Waals surface area contributed by atoms with Gasteiger partial charge in [0, 0.05) is 11.1 Å². The van der Waals surface area contributed by atoms with E-state index in [-0.39, 0.29) is 0 Å². The summed E-state index contributed by atoms with van der Waals surface area (Å²) in [6.45, 7) is 14.7. The molecule has 23 heavy (non-hydrogen) atoms. The highest BCUT2D eigenvalue weighted by Gasteiger charge is 2.17. The van der Waals surface area contributed by atoms with Crippen LogP contribution in [0, 0.1) is 41.5 Å². The molecule has 0 saturated carbocycles. The molecule has 0 aromatic heterocycles. The molecule has 2 aromatic carbocycles. The van der Waals surface area contributed by atoms with E-state index in [4.69, 9.17) is 0 Å². The van der Waals surface area contributed by atoms with Crippen LogP contribution in [0.1, 0.15) is 57.9 Å². The quantitative estimate of drug-likeness (QED) is 0.515. The van der Waals surface area contributed by atoms with E-state index in [0.29, 0.717) is 5.76 Å². The minimum atomic E-state index is 0.428. The van der Waals surface area contributed by atoms with Crippen molar-refractivity contribution in [3.8, 4) is 0 Å². The van der Waals surface area contributed by atoms with E-state index in [1.54, 1.807) is 0 Å². The molecule has 0 saturated heterocycles. The monoisotopic (exact) mass is 308 g/mol. The van der Waals surface area contributed by atoms with E-state index in [1.807, 2.05) is 0 Å². The van der Waals surface area contributed by atoms with E-state index < -0.39 is 0 Å². The molecule has 0 atom stereocenters. The van der Waals surface area contributed by atoms with Crippen LogP contribution in [0.4, 0.5) is 0 Å². The maximum absolute atomic E-state index is 11.1. The van der Waals surface area contributed by atoms with Crippen LogP contribution in [0.3, 0.4) is 0 Å². The molecule has 2 rings (SSSR count). The summed E-state index contributed by atoms with van der Waals surface area (Å²) >= 11 is 0. The predicted molar refractivity (Wildman–Crippen MR) is 101 cm³/mol. The number of allylic oxidation sites excluding steroid dienone is 1. The molecule has 2 aromatic rings. The van der Waals surface area contributed by atoms with E-state index in [1.165, 1.54) is 27.8 Å². The lowest BCUT2D eigenvalue weighted by atomic mass is 9.88. The molecular formula is C22H28O. The van der Waals surface area contributed by atoms with Crippen molar-refractivity contribution in [2.75, 3.05) is 0 Å². The van der Waals surface area contributed by atoms with Gasteiger partial charge in [-0.15, -0.1) is 0 Å². The Balaban J connectivity index is 2.76. The average molecular weight is 308 g/mol. The topological polar surface area (TPSA) is 20.2 Å². The van der Waals surface area contributed by atoms with Crippen molar-refractivity contribution in [1.82, 2.24) is 0 Å². The third kappa shape index (κ3) is 3.34. The van der Waals surface area contributed by atoms with E-state index >= 15 is 0 Å². The van der Waals surface area contributed by atoms with Crippen molar-refractivity contribution in [3.63, 3.8) is 0 Å². The SMILES string of the molecule is CC/C(=C(/O)c1c(C)cc(C)cc1C)c1c(C)cc(C)cc1C. The average Bonchev–Trinajstić information content (AvgIpc) is 2.41. The van der Waals surface area contributed by atoms with Crippen LogP contribution >= 0.6 is 0 Å². The number of hydrogen-bond acceptors (Lipinski definition) is 1. The Labute approximate surface area is 140 Å². The van der Waals surface area contributed by atoms with Gasteiger partial charge in [-0.05, 0) is 75.8 Å². The summed E-state index contributed by atoms with van der Waals surface area (Å²) in [5.74, 6) is 0.428. The lowest BCUT2D eigenvalue weighted by Crippen LogP contribution is -2.01. The molecule has 0 amide bonds. The second-order valence-electron chi connectivity index (χ2n) is 6.73. The molecule has 1 N–H and O–H groups in total. The number of aliphatic hydroxyl groups is 1. The van der Waals surface area contributed by atoms with Crippen molar-refractivity contribution in [2.24, 2.45) is 0 Å². The van der Waals surface area contributed by atoms with Gasteiger partial charge in [0.05, 0.1) is 0 Å². The first-order chi connectivity index (χ1) is 10.8. The Morgan fingerprint density at radius 2 is 1.04 bits per heavy atom. The van der Waals surface area contributed by atoms with E-state index in [9.17, 15) is 5.11 Å². The summed E-state index contributed by atoms with van der Waals surface area (Å²) in [5, 5.41) is 11.1. The van der Waals surface area contributed by atoms with Gasteiger partial charge >= 0.3 is 0 Å². The van der Waals surface area contributed by atoms with Crippen LogP contribution in [-0.4, -0.2) is 5.11 Å². The van der Waals surface area contributed by atoms with Crippen molar-refractivity contribution in [1.29, 1.82) is 0 Å². The fourth-order valence-corrected chi connectivity index (χ4v) is 3.82. The zero-order valence-electron chi connectivity index (χ0n) is 15.5. The second kappa shape index (κ2) is 6.62. The Kier molecular flexibility index (Phi) is 4.99. The number of aliphatic hydroxyl groups excluding tert-OH is 1. The Morgan fingerprint density at radius 3 is 1.39 bits per heavy atom. The summed E-state index contributed by atoms with van der Waals surface area (Å²) < 4.78 is 0. The first-order valence-corrected chi connectivity index (χ1v) is 8.34. The number of hydrogen-bond donors (Lipinski definition) is 1. The third-order valence-corrected chi connectivity index (χ3v) is 4.53. The molecule has 0 fully saturated rings. The Morgan fingerprint density at radius 1 is 0.696 bits per heavy atom. The summed E-state index contributed by atoms with van der Waals surface area (Å²) in [4.78, 5) is 0. The van der Waals surface area contributed by atoms with Crippen LogP contribution in [0.2, 0.25) is 0 Å². The normalized spacial score (nSPS) is 12.3. The van der Waals surface area contributed by atoms with Crippen LogP contribution in [0.5, 0.6) is 0 Å². The molecular weight excluding hydrogens is 280 g/mol. The molecule has 0 heterocycles. The molecule has 1 nitrogen and oxygen atoms in total. The lowest BCUT2D eigenvalue weighted by Gasteiger charge is -2.18. The zero-order valence-corrected chi connectivity index (χ0v) is 15.5. The van der Waals surface area contributed by atoms with Gasteiger partial charge in [-0.2, -0.15) is 0 Å². The van der Waals surface area contributed by atoms with Crippen LogP contribution in [0.15, 0.2) is 24.3 Å². The van der Waals surface area contributed by atoms with Gasteiger partial charge < -0.3 is 5.11 Å². The van der Waals surface area contributed by atoms with Gasteiger partial charge in [0.15, 0.2) is 0 Å². The molecule has 122 valence electrons. The zero-order chi connectivity index (χ0) is 17.3. The van der Waals surface area contributed by atoms with Gasteiger partial charge in [0.2, 0.25) is 0 Å². The summed E-state index contributed by atoms with van der Waals surface area (Å²) in [5.41, 5.74) is 10.4. The highest BCUT2D eigenvalue weighted by molar-refractivity contribution is 5.90. The van der Waals surface area contributed by atoms with Crippen LogP contribution < -0.4 is 0 Å². The fraction of sp³-hybridized carbons (Fsp3) is 0.364. The summed E-state index contributed by atoms with van der Waals surface area (Å²) in [6, 6.07) is 8.67. The Bertz CT molecular complexity index is 733. The van der Waals surface area contributed by atoms with Crippen LogP contribution in [-0.2, 0) is 0 Å². The third-order valence-electron chi connectivity index (χ3n) is 4.53. The maximum atomic E-state index is 11.1. The van der Waals surface area contributed by atoms with Gasteiger partial charge in [-0.3, -0.25) is 0 Å². The van der Waals surface area contributed by atoms with Crippen LogP contribution in [0.25, 0.3) is 11.3 Å². The van der Waals surface area contributed by atoms with E-state index in [0.717, 1.165) is 28.7 Å². The molecule has 0 aliphatic carbocycles. The molecule has 1 heteroatoms. The van der Waals surface area contributed by atoms with Crippen molar-refractivity contribution in [3.05, 3.63) is 68.8 Å². The molecule has 0 aliphatic heterocycles. The highest BCUT2D eigenvalue weighted by atomic mass is 16.3. The number of rotatable bonds is 3. The highest BCUT2D eigenvalue weighted by Crippen LogP contribution is 2.34. The Hall–Kier alpha value is -2.02. The first-order valence-electron chi connectivity index (χ1n) is 8.34. The van der Waals surface area contributed by atoms with E-state index in [2.05, 4.69) is 72.7 Å². The lowest BCUT2D eigenvalue weighted by molar-refractivity contribution is 0.511. The molecule has 0 unspecified atom stereocenters. The smallest absolute Gasteiger partial charge is 0.127 e.